The fourth-order valence-electron chi connectivity index (χ4n) is 12.3. The Bertz CT molecular complexity index is 1530. The Balaban J connectivity index is 4.01. The Morgan fingerprint density at radius 3 is 0.909 bits per heavy atom. The lowest BCUT2D eigenvalue weighted by atomic mass is 10.0. The first-order chi connectivity index (χ1) is 43.0. The topological polar surface area (TPSA) is 105 Å². The zero-order valence-electron chi connectivity index (χ0n) is 60.0. The summed E-state index contributed by atoms with van der Waals surface area (Å²) >= 11 is 0. The molecule has 3 atom stereocenters. The number of likely N-dealkylation sites (N-methyl/N-ethyl adjacent to an activating group) is 1. The fraction of sp³-hybridized carbons (Fsp3) is 0.911. The molecule has 0 aliphatic carbocycles. The van der Waals surface area contributed by atoms with Crippen LogP contribution in [0.25, 0.3) is 0 Å². The van der Waals surface area contributed by atoms with E-state index in [1.54, 1.807) is 6.08 Å². The minimum atomic E-state index is -4.37. The first-order valence-electron chi connectivity index (χ1n) is 39.4. The van der Waals surface area contributed by atoms with Crippen LogP contribution < -0.4 is 5.32 Å². The van der Waals surface area contributed by atoms with E-state index in [4.69, 9.17) is 9.05 Å². The number of aliphatic hydroxyl groups is 1. The number of quaternary nitrogens is 1. The fourth-order valence-corrected chi connectivity index (χ4v) is 13.0. The first kappa shape index (κ1) is 86.7. The number of phosphoric ester groups is 1. The Kier molecular flexibility index (Phi) is 69.0. The zero-order valence-corrected chi connectivity index (χ0v) is 60.9. The molecular formula is C79H156N2O6P+. The van der Waals surface area contributed by atoms with Gasteiger partial charge in [-0.05, 0) is 44.9 Å². The van der Waals surface area contributed by atoms with Crippen molar-refractivity contribution in [3.05, 3.63) is 36.5 Å². The smallest absolute Gasteiger partial charge is 0.387 e. The SMILES string of the molecule is CCCCCCCCCCCCCCCCCCCCCCCC/C=C/CC/C=C/CC/C=C/C(O)C(COP(=O)(O)OCC[N+](C)(C)C)NC(=O)CCCCCCCCCCCCCCCCCCCCCCCCCCCCCCCCCCCC. The predicted molar refractivity (Wildman–Crippen MR) is 388 cm³/mol. The van der Waals surface area contributed by atoms with Gasteiger partial charge >= 0.3 is 7.82 Å². The molecule has 88 heavy (non-hydrogen) atoms. The quantitative estimate of drug-likeness (QED) is 0.0243. The maximum Gasteiger partial charge on any atom is 0.472 e. The van der Waals surface area contributed by atoms with Crippen LogP contribution in [-0.2, 0) is 18.4 Å². The van der Waals surface area contributed by atoms with Crippen molar-refractivity contribution in [1.29, 1.82) is 0 Å². The first-order valence-corrected chi connectivity index (χ1v) is 40.9. The Hall–Kier alpha value is -1.28. The molecule has 3 unspecified atom stereocenters. The van der Waals surface area contributed by atoms with Crippen LogP contribution in [0.5, 0.6) is 0 Å². The average Bonchev–Trinajstić information content (AvgIpc) is 3.71. The summed E-state index contributed by atoms with van der Waals surface area (Å²) in [7, 11) is 1.57. The highest BCUT2D eigenvalue weighted by Crippen LogP contribution is 2.43. The van der Waals surface area contributed by atoms with Gasteiger partial charge in [0.2, 0.25) is 5.91 Å². The largest absolute Gasteiger partial charge is 0.472 e. The molecule has 0 aliphatic rings. The number of nitrogens with one attached hydrogen (secondary N) is 1. The van der Waals surface area contributed by atoms with Crippen molar-refractivity contribution in [2.75, 3.05) is 40.9 Å². The van der Waals surface area contributed by atoms with E-state index in [1.165, 1.54) is 347 Å². The number of phosphoric acid groups is 1. The number of nitrogens with zero attached hydrogens (tertiary/aromatic N) is 1. The molecule has 0 radical (unpaired) electrons. The third kappa shape index (κ3) is 72.2. The molecule has 1 amide bonds. The molecule has 0 aromatic rings. The van der Waals surface area contributed by atoms with Gasteiger partial charge in [0, 0.05) is 6.42 Å². The van der Waals surface area contributed by atoms with Gasteiger partial charge in [-0.2, -0.15) is 0 Å². The maximum absolute atomic E-state index is 13.1. The summed E-state index contributed by atoms with van der Waals surface area (Å²) in [6, 6.07) is -0.870. The molecule has 0 saturated carbocycles. The number of allylic oxidation sites excluding steroid dienone is 5. The molecule has 0 bridgehead atoms. The van der Waals surface area contributed by atoms with Gasteiger partial charge in [0.25, 0.3) is 0 Å². The van der Waals surface area contributed by atoms with Crippen LogP contribution in [0.3, 0.4) is 0 Å². The number of hydrogen-bond acceptors (Lipinski definition) is 5. The molecule has 3 N–H and O–H groups in total. The molecule has 8 nitrogen and oxygen atoms in total. The molecule has 0 saturated heterocycles. The molecule has 0 rings (SSSR count). The molecular weight excluding hydrogens is 1100 g/mol. The van der Waals surface area contributed by atoms with E-state index in [-0.39, 0.29) is 19.1 Å². The predicted octanol–water partition coefficient (Wildman–Crippen LogP) is 25.6. The number of unbranched alkanes of at least 4 members (excludes halogenated alkanes) is 57. The Morgan fingerprint density at radius 1 is 0.375 bits per heavy atom. The molecule has 522 valence electrons. The van der Waals surface area contributed by atoms with Crippen LogP contribution in [-0.4, -0.2) is 73.4 Å². The number of rotatable bonds is 74. The van der Waals surface area contributed by atoms with Gasteiger partial charge in [-0.1, -0.05) is 397 Å². The normalized spacial score (nSPS) is 13.7. The van der Waals surface area contributed by atoms with Crippen molar-refractivity contribution < 1.29 is 32.9 Å². The van der Waals surface area contributed by atoms with Gasteiger partial charge in [-0.3, -0.25) is 13.8 Å². The summed E-state index contributed by atoms with van der Waals surface area (Å²) in [6.07, 6.45) is 94.9. The highest BCUT2D eigenvalue weighted by Gasteiger charge is 2.28. The summed E-state index contributed by atoms with van der Waals surface area (Å²) in [5.41, 5.74) is 0. The third-order valence-corrected chi connectivity index (χ3v) is 19.3. The molecule has 0 fully saturated rings. The molecule has 9 heteroatoms. The van der Waals surface area contributed by atoms with Crippen LogP contribution in [0.4, 0.5) is 0 Å². The van der Waals surface area contributed by atoms with Crippen LogP contribution in [0.15, 0.2) is 36.5 Å². The van der Waals surface area contributed by atoms with E-state index in [9.17, 15) is 19.4 Å². The van der Waals surface area contributed by atoms with Crippen molar-refractivity contribution in [3.8, 4) is 0 Å². The summed E-state index contributed by atoms with van der Waals surface area (Å²) in [5.74, 6) is -0.182. The van der Waals surface area contributed by atoms with Crippen LogP contribution in [0, 0.1) is 0 Å². The molecule has 0 aromatic heterocycles. The van der Waals surface area contributed by atoms with Crippen LogP contribution in [0.1, 0.15) is 412 Å². The van der Waals surface area contributed by atoms with Crippen molar-refractivity contribution in [1.82, 2.24) is 5.32 Å². The van der Waals surface area contributed by atoms with Crippen molar-refractivity contribution >= 4 is 13.7 Å². The van der Waals surface area contributed by atoms with Crippen molar-refractivity contribution in [3.63, 3.8) is 0 Å². The van der Waals surface area contributed by atoms with E-state index >= 15 is 0 Å². The van der Waals surface area contributed by atoms with Crippen molar-refractivity contribution in [2.45, 2.75) is 424 Å². The second-order valence-corrected chi connectivity index (χ2v) is 29.9. The number of amides is 1. The van der Waals surface area contributed by atoms with Gasteiger partial charge in [0.1, 0.15) is 13.2 Å². The van der Waals surface area contributed by atoms with E-state index in [0.29, 0.717) is 17.4 Å². The average molecular weight is 1260 g/mol. The summed E-state index contributed by atoms with van der Waals surface area (Å²) in [6.45, 7) is 4.86. The minimum Gasteiger partial charge on any atom is -0.387 e. The van der Waals surface area contributed by atoms with Gasteiger partial charge in [0.05, 0.1) is 39.9 Å². The third-order valence-electron chi connectivity index (χ3n) is 18.3. The van der Waals surface area contributed by atoms with E-state index < -0.39 is 20.0 Å². The summed E-state index contributed by atoms with van der Waals surface area (Å²) in [4.78, 5) is 23.5. The van der Waals surface area contributed by atoms with Crippen molar-refractivity contribution in [2.24, 2.45) is 0 Å². The highest BCUT2D eigenvalue weighted by molar-refractivity contribution is 7.47. The monoisotopic (exact) mass is 1260 g/mol. The number of aliphatic hydroxyl groups excluding tert-OH is 1. The van der Waals surface area contributed by atoms with Gasteiger partial charge in [0.15, 0.2) is 0 Å². The van der Waals surface area contributed by atoms with Crippen LogP contribution >= 0.6 is 7.82 Å². The number of hydrogen-bond donors (Lipinski definition) is 3. The second kappa shape index (κ2) is 70.0. The standard InChI is InChI=1S/C79H155N2O6P/c1-6-8-10-12-14-16-18-20-22-24-26-28-30-32-34-36-38-40-41-43-45-47-49-51-53-55-57-59-61-63-65-67-69-71-73-79(83)80-77(76-87-88(84,85)86-75-74-81(3,4)5)78(82)72-70-68-66-64-62-60-58-56-54-52-50-48-46-44-42-39-37-35-33-31-29-27-25-23-21-19-17-15-13-11-9-7-2/h54,56,62,64,70,72,77-78,82H,6-53,55,57-61,63,65-69,71,73-76H2,1-5H3,(H-,80,83,84,85)/p+1/b56-54+,64-62+,72-70+. The van der Waals surface area contributed by atoms with E-state index in [2.05, 4.69) is 43.5 Å². The van der Waals surface area contributed by atoms with Gasteiger partial charge < -0.3 is 19.8 Å². The second-order valence-electron chi connectivity index (χ2n) is 28.4. The lowest BCUT2D eigenvalue weighted by Crippen LogP contribution is -2.45. The number of carbonyl (C=O) groups excluding carboxylic acids is 1. The zero-order chi connectivity index (χ0) is 64.1. The van der Waals surface area contributed by atoms with E-state index in [1.807, 2.05) is 27.2 Å². The Morgan fingerprint density at radius 2 is 0.625 bits per heavy atom. The molecule has 0 aromatic carbocycles. The Labute approximate surface area is 550 Å². The van der Waals surface area contributed by atoms with E-state index in [0.717, 1.165) is 44.9 Å². The molecule has 0 heterocycles. The van der Waals surface area contributed by atoms with Crippen LogP contribution in [0.2, 0.25) is 0 Å². The minimum absolute atomic E-state index is 0.0556. The molecule has 0 aliphatic heterocycles. The summed E-state index contributed by atoms with van der Waals surface area (Å²) in [5, 5.41) is 14.0. The lowest BCUT2D eigenvalue weighted by molar-refractivity contribution is -0.870. The van der Waals surface area contributed by atoms with Gasteiger partial charge in [-0.25, -0.2) is 4.57 Å². The summed E-state index contributed by atoms with van der Waals surface area (Å²) < 4.78 is 23.8. The maximum atomic E-state index is 13.1. The lowest BCUT2D eigenvalue weighted by Gasteiger charge is -2.25. The van der Waals surface area contributed by atoms with Gasteiger partial charge in [-0.15, -0.1) is 0 Å². The highest BCUT2D eigenvalue weighted by atomic mass is 31.2. The molecule has 0 spiro atoms. The number of carbonyl (C=O) groups is 1.